The Morgan fingerprint density at radius 1 is 1.12 bits per heavy atom. The van der Waals surface area contributed by atoms with E-state index in [2.05, 4.69) is 22.3 Å². The number of rotatable bonds is 6. The second-order valence-corrected chi connectivity index (χ2v) is 11.1. The van der Waals surface area contributed by atoms with Crippen molar-refractivity contribution in [2.75, 3.05) is 0 Å². The van der Waals surface area contributed by atoms with Crippen molar-refractivity contribution in [2.45, 2.75) is 71.4 Å². The molecule has 2 heterocycles. The van der Waals surface area contributed by atoms with Gasteiger partial charge in [0, 0.05) is 17.6 Å². The third-order valence-corrected chi connectivity index (χ3v) is 8.82. The first kappa shape index (κ1) is 21.8. The van der Waals surface area contributed by atoms with E-state index in [9.17, 15) is 9.18 Å². The van der Waals surface area contributed by atoms with Crippen LogP contribution in [0.1, 0.15) is 57.6 Å². The molecule has 5 nitrogen and oxygen atoms in total. The predicted octanol–water partition coefficient (Wildman–Crippen LogP) is 5.66. The van der Waals surface area contributed by atoms with Gasteiger partial charge in [0.15, 0.2) is 5.65 Å². The summed E-state index contributed by atoms with van der Waals surface area (Å²) >= 11 is 0. The Morgan fingerprint density at radius 2 is 1.76 bits per heavy atom. The molecule has 1 N–H and O–H groups in total. The summed E-state index contributed by atoms with van der Waals surface area (Å²) in [4.78, 5) is 17.8. The summed E-state index contributed by atoms with van der Waals surface area (Å²) < 4.78 is 15.2. The molecule has 0 radical (unpaired) electrons. The van der Waals surface area contributed by atoms with E-state index in [1.54, 1.807) is 23.0 Å². The maximum absolute atomic E-state index is 13.4. The first-order valence-corrected chi connectivity index (χ1v) is 12.8. The van der Waals surface area contributed by atoms with Crippen LogP contribution in [0.15, 0.2) is 36.5 Å². The first-order valence-electron chi connectivity index (χ1n) is 12.8. The number of nitrogens with zero attached hydrogens (tertiary/aromatic N) is 3. The number of hydrogen-bond donors (Lipinski definition) is 1. The van der Waals surface area contributed by atoms with E-state index in [4.69, 9.17) is 0 Å². The van der Waals surface area contributed by atoms with Crippen LogP contribution in [-0.4, -0.2) is 26.7 Å². The number of pyridine rings is 1. The highest BCUT2D eigenvalue weighted by Gasteiger charge is 2.54. The van der Waals surface area contributed by atoms with Gasteiger partial charge in [-0.25, -0.2) is 14.1 Å². The van der Waals surface area contributed by atoms with Gasteiger partial charge in [-0.05, 0) is 104 Å². The molecule has 0 saturated heterocycles. The molecule has 1 unspecified atom stereocenters. The van der Waals surface area contributed by atoms with Gasteiger partial charge in [-0.2, -0.15) is 5.10 Å². The number of benzene rings is 1. The molecule has 7 rings (SSSR count). The SMILES string of the molecule is CCC(NC(=O)Cn1nc(C)c2c(-c3ccc(F)cc3)ccnc21)C12CC3CC(CC(C3)C1)C2. The van der Waals surface area contributed by atoms with Gasteiger partial charge in [-0.3, -0.25) is 4.79 Å². The molecule has 4 bridgehead atoms. The zero-order valence-corrected chi connectivity index (χ0v) is 20.1. The second-order valence-electron chi connectivity index (χ2n) is 11.1. The molecule has 4 saturated carbocycles. The predicted molar refractivity (Wildman–Crippen MR) is 130 cm³/mol. The Hall–Kier alpha value is -2.76. The molecular formula is C28H33FN4O. The fourth-order valence-corrected chi connectivity index (χ4v) is 7.93. The number of amides is 1. The maximum Gasteiger partial charge on any atom is 0.242 e. The van der Waals surface area contributed by atoms with E-state index < -0.39 is 0 Å². The molecule has 0 aliphatic heterocycles. The lowest BCUT2D eigenvalue weighted by atomic mass is 9.47. The molecular weight excluding hydrogens is 427 g/mol. The maximum atomic E-state index is 13.4. The number of aromatic nitrogens is 3. The Balaban J connectivity index is 1.24. The topological polar surface area (TPSA) is 59.8 Å². The summed E-state index contributed by atoms with van der Waals surface area (Å²) in [7, 11) is 0. The van der Waals surface area contributed by atoms with E-state index in [0.717, 1.165) is 46.4 Å². The van der Waals surface area contributed by atoms with Crippen molar-refractivity contribution in [2.24, 2.45) is 23.2 Å². The van der Waals surface area contributed by atoms with Crippen LogP contribution in [-0.2, 0) is 11.3 Å². The highest BCUT2D eigenvalue weighted by atomic mass is 19.1. The standard InChI is InChI=1S/C28H33FN4O/c1-3-24(28-13-18-10-19(14-28)12-20(11-18)15-28)31-25(34)16-33-27-26(17(2)32-33)23(8-9-30-27)21-4-6-22(29)7-5-21/h4-9,18-20,24H,3,10-16H2,1-2H3,(H,31,34). The lowest BCUT2D eigenvalue weighted by Gasteiger charge is -2.59. The number of halogens is 1. The molecule has 34 heavy (non-hydrogen) atoms. The summed E-state index contributed by atoms with van der Waals surface area (Å²) in [5, 5.41) is 9.02. The van der Waals surface area contributed by atoms with E-state index in [-0.39, 0.29) is 29.7 Å². The fourth-order valence-electron chi connectivity index (χ4n) is 7.93. The van der Waals surface area contributed by atoms with Crippen LogP contribution in [0.5, 0.6) is 0 Å². The Labute approximate surface area is 200 Å². The number of nitrogens with one attached hydrogen (secondary N) is 1. The van der Waals surface area contributed by atoms with Gasteiger partial charge < -0.3 is 5.32 Å². The molecule has 6 heteroatoms. The van der Waals surface area contributed by atoms with E-state index >= 15 is 0 Å². The molecule has 1 aromatic carbocycles. The first-order chi connectivity index (χ1) is 16.4. The molecule has 3 aromatic rings. The van der Waals surface area contributed by atoms with Crippen molar-refractivity contribution in [3.05, 3.63) is 48.0 Å². The molecule has 1 amide bonds. The van der Waals surface area contributed by atoms with E-state index in [0.29, 0.717) is 5.65 Å². The molecule has 1 atom stereocenters. The molecule has 0 spiro atoms. The minimum absolute atomic E-state index is 0.0148. The lowest BCUT2D eigenvalue weighted by Crippen LogP contribution is -2.57. The van der Waals surface area contributed by atoms with E-state index in [1.807, 2.05) is 13.0 Å². The summed E-state index contributed by atoms with van der Waals surface area (Å²) in [6.45, 7) is 4.32. The number of hydrogen-bond acceptors (Lipinski definition) is 3. The van der Waals surface area contributed by atoms with Crippen LogP contribution < -0.4 is 5.32 Å². The Morgan fingerprint density at radius 3 is 2.38 bits per heavy atom. The van der Waals surface area contributed by atoms with Gasteiger partial charge in [0.1, 0.15) is 12.4 Å². The Bertz CT molecular complexity index is 1200. The average molecular weight is 461 g/mol. The molecule has 4 aliphatic rings. The van der Waals surface area contributed by atoms with Crippen LogP contribution in [0.3, 0.4) is 0 Å². The molecule has 4 fully saturated rings. The zero-order chi connectivity index (χ0) is 23.4. The van der Waals surface area contributed by atoms with Gasteiger partial charge in [-0.1, -0.05) is 19.1 Å². The summed E-state index contributed by atoms with van der Waals surface area (Å²) in [6, 6.07) is 8.62. The highest BCUT2D eigenvalue weighted by molar-refractivity contribution is 5.95. The van der Waals surface area contributed by atoms with Gasteiger partial charge in [0.2, 0.25) is 5.91 Å². The highest BCUT2D eigenvalue weighted by Crippen LogP contribution is 2.61. The normalized spacial score (nSPS) is 28.4. The van der Waals surface area contributed by atoms with Crippen molar-refractivity contribution in [3.63, 3.8) is 0 Å². The van der Waals surface area contributed by atoms with Crippen molar-refractivity contribution in [1.82, 2.24) is 20.1 Å². The zero-order valence-electron chi connectivity index (χ0n) is 20.1. The monoisotopic (exact) mass is 460 g/mol. The van der Waals surface area contributed by atoms with Gasteiger partial charge >= 0.3 is 0 Å². The van der Waals surface area contributed by atoms with Gasteiger partial charge in [0.05, 0.1) is 5.69 Å². The Kier molecular flexibility index (Phi) is 5.23. The van der Waals surface area contributed by atoms with E-state index in [1.165, 1.54) is 50.7 Å². The molecule has 2 aromatic heterocycles. The minimum Gasteiger partial charge on any atom is -0.351 e. The third-order valence-electron chi connectivity index (χ3n) is 8.82. The summed E-state index contributed by atoms with van der Waals surface area (Å²) in [5.41, 5.74) is 3.67. The quantitative estimate of drug-likeness (QED) is 0.517. The molecule has 4 aliphatic carbocycles. The molecule has 178 valence electrons. The lowest BCUT2D eigenvalue weighted by molar-refractivity contribution is -0.127. The van der Waals surface area contributed by atoms with Crippen molar-refractivity contribution in [1.29, 1.82) is 0 Å². The number of aryl methyl sites for hydroxylation is 1. The van der Waals surface area contributed by atoms with Gasteiger partial charge in [0.25, 0.3) is 0 Å². The smallest absolute Gasteiger partial charge is 0.242 e. The van der Waals surface area contributed by atoms with Crippen molar-refractivity contribution < 1.29 is 9.18 Å². The number of fused-ring (bicyclic) bond motifs is 1. The number of carbonyl (C=O) groups excluding carboxylic acids is 1. The third kappa shape index (κ3) is 3.62. The summed E-state index contributed by atoms with van der Waals surface area (Å²) in [6.07, 6.45) is 10.8. The van der Waals surface area contributed by atoms with Crippen LogP contribution in [0.4, 0.5) is 4.39 Å². The van der Waals surface area contributed by atoms with Crippen molar-refractivity contribution in [3.8, 4) is 11.1 Å². The fraction of sp³-hybridized carbons (Fsp3) is 0.536. The minimum atomic E-state index is -0.261. The van der Waals surface area contributed by atoms with Crippen LogP contribution in [0.25, 0.3) is 22.2 Å². The average Bonchev–Trinajstić information content (AvgIpc) is 3.12. The summed E-state index contributed by atoms with van der Waals surface area (Å²) in [5.74, 6) is 2.35. The second kappa shape index (κ2) is 8.17. The number of carbonyl (C=O) groups is 1. The van der Waals surface area contributed by atoms with Gasteiger partial charge in [-0.15, -0.1) is 0 Å². The van der Waals surface area contributed by atoms with Crippen molar-refractivity contribution >= 4 is 16.9 Å². The van der Waals surface area contributed by atoms with Crippen LogP contribution >= 0.6 is 0 Å². The van der Waals surface area contributed by atoms with Crippen LogP contribution in [0.2, 0.25) is 0 Å². The van der Waals surface area contributed by atoms with Crippen LogP contribution in [0, 0.1) is 35.9 Å². The largest absolute Gasteiger partial charge is 0.351 e.